The zero-order chi connectivity index (χ0) is 31.3. The van der Waals surface area contributed by atoms with Crippen molar-refractivity contribution < 1.29 is 23.8 Å². The van der Waals surface area contributed by atoms with Crippen LogP contribution in [0.15, 0.2) is 67.1 Å². The standard InChI is InChI=1S/C34H33ClFN5O4/c1-3-40-20-37-17-24(40)18-41-29-15-22(33(42)43)7-10-28(29)38-31(41)19-39-13-11-21(12-14-39)25-5-4-6-30-32(25)45-34(2,44-30)26-9-8-23(35)16-27(26)36/h4-10,15-17,20-21H,3,11-14,18-19H2,1-2H3,(H,42,43). The molecule has 0 radical (unpaired) electrons. The molecule has 1 fully saturated rings. The number of carboxylic acid groups (broad SMARTS) is 1. The van der Waals surface area contributed by atoms with Gasteiger partial charge in [-0.25, -0.2) is 19.2 Å². The molecule has 2 aromatic heterocycles. The van der Waals surface area contributed by atoms with Crippen LogP contribution in [-0.2, 0) is 25.4 Å². The van der Waals surface area contributed by atoms with Crippen molar-refractivity contribution in [2.45, 2.75) is 58.0 Å². The maximum atomic E-state index is 14.9. The van der Waals surface area contributed by atoms with Gasteiger partial charge in [0.2, 0.25) is 0 Å². The molecule has 1 unspecified atom stereocenters. The van der Waals surface area contributed by atoms with E-state index in [1.54, 1.807) is 37.3 Å². The van der Waals surface area contributed by atoms with Crippen molar-refractivity contribution in [3.63, 3.8) is 0 Å². The summed E-state index contributed by atoms with van der Waals surface area (Å²) in [4.78, 5) is 23.4. The molecule has 5 aromatic rings. The number of hydrogen-bond donors (Lipinski definition) is 1. The highest BCUT2D eigenvalue weighted by Gasteiger charge is 2.43. The molecule has 0 bridgehead atoms. The number of para-hydroxylation sites is 1. The molecule has 0 saturated carbocycles. The second-order valence-corrected chi connectivity index (χ2v) is 12.2. The molecule has 2 aliphatic heterocycles. The number of carbonyl (C=O) groups is 1. The average molecular weight is 630 g/mol. The molecular weight excluding hydrogens is 597 g/mol. The van der Waals surface area contributed by atoms with E-state index in [0.29, 0.717) is 35.2 Å². The lowest BCUT2D eigenvalue weighted by atomic mass is 9.88. The first-order chi connectivity index (χ1) is 21.7. The van der Waals surface area contributed by atoms with Crippen LogP contribution >= 0.6 is 11.6 Å². The van der Waals surface area contributed by atoms with E-state index >= 15 is 0 Å². The fourth-order valence-electron chi connectivity index (χ4n) is 6.57. The number of halogens is 2. The number of benzene rings is 3. The van der Waals surface area contributed by atoms with E-state index in [9.17, 15) is 14.3 Å². The molecular formula is C34H33ClFN5O4. The Morgan fingerprint density at radius 1 is 1.11 bits per heavy atom. The van der Waals surface area contributed by atoms with Gasteiger partial charge in [-0.1, -0.05) is 23.7 Å². The van der Waals surface area contributed by atoms with Gasteiger partial charge in [-0.2, -0.15) is 0 Å². The highest BCUT2D eigenvalue weighted by atomic mass is 35.5. The summed E-state index contributed by atoms with van der Waals surface area (Å²) in [5.41, 5.74) is 4.18. The van der Waals surface area contributed by atoms with Crippen molar-refractivity contribution in [1.82, 2.24) is 24.0 Å². The third kappa shape index (κ3) is 5.42. The monoisotopic (exact) mass is 629 g/mol. The second kappa shape index (κ2) is 11.5. The largest absolute Gasteiger partial charge is 0.478 e. The predicted molar refractivity (Wildman–Crippen MR) is 167 cm³/mol. The van der Waals surface area contributed by atoms with E-state index in [1.165, 1.54) is 6.07 Å². The smallest absolute Gasteiger partial charge is 0.335 e. The third-order valence-electron chi connectivity index (χ3n) is 8.96. The third-order valence-corrected chi connectivity index (χ3v) is 9.19. The lowest BCUT2D eigenvalue weighted by molar-refractivity contribution is -0.0712. The summed E-state index contributed by atoms with van der Waals surface area (Å²) in [6.45, 7) is 7.44. The van der Waals surface area contributed by atoms with Crippen LogP contribution in [-0.4, -0.2) is 48.2 Å². The molecule has 11 heteroatoms. The van der Waals surface area contributed by atoms with Crippen molar-refractivity contribution in [3.8, 4) is 11.5 Å². The van der Waals surface area contributed by atoms with Gasteiger partial charge in [0.15, 0.2) is 11.5 Å². The van der Waals surface area contributed by atoms with E-state index in [0.717, 1.165) is 60.6 Å². The summed E-state index contributed by atoms with van der Waals surface area (Å²) >= 11 is 5.98. The van der Waals surface area contributed by atoms with Gasteiger partial charge >= 0.3 is 5.97 Å². The molecule has 3 aromatic carbocycles. The Kier molecular flexibility index (Phi) is 7.49. The van der Waals surface area contributed by atoms with Gasteiger partial charge in [0, 0.05) is 30.3 Å². The van der Waals surface area contributed by atoms with Crippen LogP contribution in [0.2, 0.25) is 5.02 Å². The van der Waals surface area contributed by atoms with Crippen molar-refractivity contribution in [1.29, 1.82) is 0 Å². The Bertz CT molecular complexity index is 1910. The number of likely N-dealkylation sites (tertiary alicyclic amines) is 1. The number of imidazole rings is 2. The van der Waals surface area contributed by atoms with Crippen LogP contribution in [0.4, 0.5) is 4.39 Å². The molecule has 0 amide bonds. The number of aromatic carboxylic acids is 1. The summed E-state index contributed by atoms with van der Waals surface area (Å²) in [5.74, 6) is -0.338. The maximum absolute atomic E-state index is 14.9. The lowest BCUT2D eigenvalue weighted by Crippen LogP contribution is -2.34. The van der Waals surface area contributed by atoms with Gasteiger partial charge in [-0.3, -0.25) is 4.90 Å². The molecule has 0 aliphatic carbocycles. The summed E-state index contributed by atoms with van der Waals surface area (Å²) in [7, 11) is 0. The first-order valence-electron chi connectivity index (χ1n) is 15.1. The summed E-state index contributed by atoms with van der Waals surface area (Å²) in [5, 5.41) is 9.95. The van der Waals surface area contributed by atoms with Crippen LogP contribution in [0.25, 0.3) is 11.0 Å². The van der Waals surface area contributed by atoms with E-state index < -0.39 is 17.6 Å². The molecule has 232 valence electrons. The molecule has 1 N–H and O–H groups in total. The minimum absolute atomic E-state index is 0.233. The number of piperidine rings is 1. The quantitative estimate of drug-likeness (QED) is 0.201. The molecule has 0 spiro atoms. The fourth-order valence-corrected chi connectivity index (χ4v) is 6.73. The van der Waals surface area contributed by atoms with Crippen LogP contribution in [0.3, 0.4) is 0 Å². The van der Waals surface area contributed by atoms with E-state index in [-0.39, 0.29) is 11.5 Å². The van der Waals surface area contributed by atoms with Crippen molar-refractivity contribution in [2.24, 2.45) is 0 Å². The number of hydrogen-bond acceptors (Lipinski definition) is 6. The Balaban J connectivity index is 1.10. The molecule has 1 atom stereocenters. The minimum atomic E-state index is -1.29. The summed E-state index contributed by atoms with van der Waals surface area (Å²) in [6.07, 6.45) is 5.46. The topological polar surface area (TPSA) is 94.6 Å². The number of carboxylic acids is 1. The SMILES string of the molecule is CCn1cncc1Cn1c(CN2CCC(c3cccc4c3OC(C)(c3ccc(Cl)cc3F)O4)CC2)nc2ccc(C(=O)O)cc21. The zero-order valence-corrected chi connectivity index (χ0v) is 25.8. The maximum Gasteiger partial charge on any atom is 0.335 e. The lowest BCUT2D eigenvalue weighted by Gasteiger charge is -2.32. The highest BCUT2D eigenvalue weighted by Crippen LogP contribution is 2.49. The molecule has 4 heterocycles. The average Bonchev–Trinajstić information content (AvgIpc) is 3.72. The molecule has 9 nitrogen and oxygen atoms in total. The number of ether oxygens (including phenoxy) is 2. The van der Waals surface area contributed by atoms with E-state index in [4.69, 9.17) is 26.1 Å². The Morgan fingerprint density at radius 3 is 2.69 bits per heavy atom. The molecule has 7 rings (SSSR count). The first kappa shape index (κ1) is 29.3. The van der Waals surface area contributed by atoms with E-state index in [2.05, 4.69) is 32.0 Å². The van der Waals surface area contributed by atoms with Crippen molar-refractivity contribution in [3.05, 3.63) is 106 Å². The Morgan fingerprint density at radius 2 is 1.93 bits per heavy atom. The van der Waals surface area contributed by atoms with Crippen molar-refractivity contribution >= 4 is 28.6 Å². The normalized spacial score (nSPS) is 18.6. The Hall–Kier alpha value is -4.41. The first-order valence-corrected chi connectivity index (χ1v) is 15.5. The fraction of sp³-hybridized carbons (Fsp3) is 0.324. The van der Waals surface area contributed by atoms with Crippen LogP contribution in [0.1, 0.15) is 65.6 Å². The number of aryl methyl sites for hydroxylation is 1. The molecule has 2 aliphatic rings. The minimum Gasteiger partial charge on any atom is -0.478 e. The van der Waals surface area contributed by atoms with Gasteiger partial charge in [0.25, 0.3) is 5.79 Å². The van der Waals surface area contributed by atoms with Crippen molar-refractivity contribution in [2.75, 3.05) is 13.1 Å². The van der Waals surface area contributed by atoms with Crippen LogP contribution in [0, 0.1) is 5.82 Å². The van der Waals surface area contributed by atoms with Gasteiger partial charge in [-0.05, 0) is 81.2 Å². The van der Waals surface area contributed by atoms with Gasteiger partial charge in [0.05, 0.1) is 47.3 Å². The number of aromatic nitrogens is 4. The van der Waals surface area contributed by atoms with E-state index in [1.807, 2.05) is 24.7 Å². The van der Waals surface area contributed by atoms with Crippen LogP contribution < -0.4 is 9.47 Å². The number of rotatable bonds is 8. The summed E-state index contributed by atoms with van der Waals surface area (Å²) in [6, 6.07) is 15.5. The van der Waals surface area contributed by atoms with Crippen LogP contribution in [0.5, 0.6) is 11.5 Å². The number of fused-ring (bicyclic) bond motifs is 2. The molecule has 45 heavy (non-hydrogen) atoms. The molecule has 1 saturated heterocycles. The van der Waals surface area contributed by atoms with Gasteiger partial charge in [0.1, 0.15) is 11.6 Å². The second-order valence-electron chi connectivity index (χ2n) is 11.8. The Labute approximate surface area is 264 Å². The highest BCUT2D eigenvalue weighted by molar-refractivity contribution is 6.30. The summed E-state index contributed by atoms with van der Waals surface area (Å²) < 4.78 is 31.6. The predicted octanol–water partition coefficient (Wildman–Crippen LogP) is 6.82. The van der Waals surface area contributed by atoms with Gasteiger partial charge in [-0.15, -0.1) is 0 Å². The zero-order valence-electron chi connectivity index (χ0n) is 25.0. The number of nitrogens with zero attached hydrogens (tertiary/aromatic N) is 5. The van der Waals surface area contributed by atoms with Gasteiger partial charge < -0.3 is 23.7 Å².